The van der Waals surface area contributed by atoms with Gasteiger partial charge in [-0.1, -0.05) is 18.2 Å². The third kappa shape index (κ3) is 1.45. The largest absolute Gasteiger partial charge is 0.350 e. The molecule has 1 aromatic carbocycles. The first-order valence-corrected chi connectivity index (χ1v) is 6.27. The fourth-order valence-corrected chi connectivity index (χ4v) is 2.94. The SMILES string of the molecule is Cn1cc(-c2nc(S)cs2)c2ccccc21. The molecule has 0 spiro atoms. The lowest BCUT2D eigenvalue weighted by molar-refractivity contribution is 0.969. The van der Waals surface area contributed by atoms with Gasteiger partial charge >= 0.3 is 0 Å². The number of nitrogens with zero attached hydrogens (tertiary/aromatic N) is 2. The van der Waals surface area contributed by atoms with Crippen LogP contribution in [0.2, 0.25) is 0 Å². The van der Waals surface area contributed by atoms with Crippen LogP contribution in [0.15, 0.2) is 40.9 Å². The molecule has 0 aliphatic carbocycles. The smallest absolute Gasteiger partial charge is 0.126 e. The molecule has 0 saturated heterocycles. The molecular weight excluding hydrogens is 236 g/mol. The summed E-state index contributed by atoms with van der Waals surface area (Å²) in [5.41, 5.74) is 2.41. The zero-order valence-electron chi connectivity index (χ0n) is 8.71. The van der Waals surface area contributed by atoms with Crippen LogP contribution in [0.25, 0.3) is 21.5 Å². The molecule has 0 N–H and O–H groups in total. The van der Waals surface area contributed by atoms with Crippen molar-refractivity contribution in [2.24, 2.45) is 7.05 Å². The van der Waals surface area contributed by atoms with Crippen molar-refractivity contribution in [3.05, 3.63) is 35.8 Å². The van der Waals surface area contributed by atoms with E-state index in [-0.39, 0.29) is 0 Å². The number of aryl methyl sites for hydroxylation is 1. The molecule has 0 amide bonds. The average Bonchev–Trinajstić information content (AvgIpc) is 2.84. The van der Waals surface area contributed by atoms with Gasteiger partial charge in [-0.15, -0.1) is 24.0 Å². The van der Waals surface area contributed by atoms with Gasteiger partial charge in [0.1, 0.15) is 10.0 Å². The Morgan fingerprint density at radius 1 is 1.31 bits per heavy atom. The maximum Gasteiger partial charge on any atom is 0.126 e. The lowest BCUT2D eigenvalue weighted by Gasteiger charge is -1.93. The Morgan fingerprint density at radius 3 is 2.88 bits per heavy atom. The van der Waals surface area contributed by atoms with Gasteiger partial charge in [-0.25, -0.2) is 4.98 Å². The highest BCUT2D eigenvalue weighted by molar-refractivity contribution is 7.80. The first-order chi connectivity index (χ1) is 7.75. The first-order valence-electron chi connectivity index (χ1n) is 4.94. The number of thiol groups is 1. The number of rotatable bonds is 1. The number of aromatic nitrogens is 2. The van der Waals surface area contributed by atoms with E-state index in [4.69, 9.17) is 0 Å². The normalized spacial score (nSPS) is 11.1. The monoisotopic (exact) mass is 246 g/mol. The minimum atomic E-state index is 0.785. The quantitative estimate of drug-likeness (QED) is 0.650. The van der Waals surface area contributed by atoms with Gasteiger partial charge in [-0.05, 0) is 6.07 Å². The van der Waals surface area contributed by atoms with Crippen LogP contribution in [0.3, 0.4) is 0 Å². The number of fused-ring (bicyclic) bond motifs is 1. The van der Waals surface area contributed by atoms with Crippen molar-refractivity contribution >= 4 is 34.9 Å². The molecule has 0 atom stereocenters. The molecular formula is C12H10N2S2. The van der Waals surface area contributed by atoms with Gasteiger partial charge in [0, 0.05) is 35.1 Å². The van der Waals surface area contributed by atoms with E-state index in [9.17, 15) is 0 Å². The van der Waals surface area contributed by atoms with Crippen molar-refractivity contribution in [1.82, 2.24) is 9.55 Å². The van der Waals surface area contributed by atoms with Gasteiger partial charge < -0.3 is 4.57 Å². The Labute approximate surface area is 103 Å². The molecule has 3 aromatic rings. The Kier molecular flexibility index (Phi) is 2.26. The van der Waals surface area contributed by atoms with Crippen LogP contribution < -0.4 is 0 Å². The Morgan fingerprint density at radius 2 is 2.12 bits per heavy atom. The predicted molar refractivity (Wildman–Crippen MR) is 71.3 cm³/mol. The van der Waals surface area contributed by atoms with Crippen molar-refractivity contribution in [3.8, 4) is 10.6 Å². The topological polar surface area (TPSA) is 17.8 Å². The van der Waals surface area contributed by atoms with Crippen molar-refractivity contribution in [1.29, 1.82) is 0 Å². The molecule has 3 rings (SSSR count). The van der Waals surface area contributed by atoms with Crippen molar-refractivity contribution < 1.29 is 0 Å². The molecule has 0 fully saturated rings. The Bertz CT molecular complexity index is 652. The summed E-state index contributed by atoms with van der Waals surface area (Å²) in [5.74, 6) is 0. The summed E-state index contributed by atoms with van der Waals surface area (Å²) in [6.45, 7) is 0. The highest BCUT2D eigenvalue weighted by Gasteiger charge is 2.10. The van der Waals surface area contributed by atoms with Crippen LogP contribution in [0.5, 0.6) is 0 Å². The van der Waals surface area contributed by atoms with Crippen molar-refractivity contribution in [3.63, 3.8) is 0 Å². The van der Waals surface area contributed by atoms with Gasteiger partial charge in [0.05, 0.1) is 0 Å². The summed E-state index contributed by atoms with van der Waals surface area (Å²) in [6.07, 6.45) is 2.12. The third-order valence-electron chi connectivity index (χ3n) is 2.62. The Balaban J connectivity index is 2.32. The molecule has 0 radical (unpaired) electrons. The zero-order valence-corrected chi connectivity index (χ0v) is 10.4. The molecule has 0 bridgehead atoms. The van der Waals surface area contributed by atoms with E-state index in [0.717, 1.165) is 10.0 Å². The molecule has 16 heavy (non-hydrogen) atoms. The van der Waals surface area contributed by atoms with E-state index in [0.29, 0.717) is 0 Å². The highest BCUT2D eigenvalue weighted by atomic mass is 32.1. The molecule has 4 heteroatoms. The number of hydrogen-bond acceptors (Lipinski definition) is 3. The van der Waals surface area contributed by atoms with E-state index in [1.54, 1.807) is 11.3 Å². The summed E-state index contributed by atoms with van der Waals surface area (Å²) in [6, 6.07) is 8.36. The van der Waals surface area contributed by atoms with E-state index < -0.39 is 0 Å². The van der Waals surface area contributed by atoms with E-state index in [1.165, 1.54) is 16.5 Å². The second kappa shape index (κ2) is 3.64. The summed E-state index contributed by atoms with van der Waals surface area (Å²) in [7, 11) is 2.06. The summed E-state index contributed by atoms with van der Waals surface area (Å²) in [4.78, 5) is 4.41. The maximum absolute atomic E-state index is 4.41. The highest BCUT2D eigenvalue weighted by Crippen LogP contribution is 2.32. The van der Waals surface area contributed by atoms with E-state index >= 15 is 0 Å². The van der Waals surface area contributed by atoms with Crippen molar-refractivity contribution in [2.45, 2.75) is 5.03 Å². The first kappa shape index (κ1) is 9.93. The summed E-state index contributed by atoms with van der Waals surface area (Å²) < 4.78 is 2.13. The number of para-hydroxylation sites is 1. The minimum Gasteiger partial charge on any atom is -0.350 e. The van der Waals surface area contributed by atoms with Gasteiger partial charge in [-0.3, -0.25) is 0 Å². The third-order valence-corrected chi connectivity index (χ3v) is 3.90. The number of benzene rings is 1. The summed E-state index contributed by atoms with van der Waals surface area (Å²) in [5, 5.41) is 5.02. The van der Waals surface area contributed by atoms with Gasteiger partial charge in [0.2, 0.25) is 0 Å². The number of thiazole rings is 1. The fraction of sp³-hybridized carbons (Fsp3) is 0.0833. The van der Waals surface area contributed by atoms with Crippen LogP contribution in [0, 0.1) is 0 Å². The fourth-order valence-electron chi connectivity index (χ4n) is 1.90. The average molecular weight is 246 g/mol. The maximum atomic E-state index is 4.41. The van der Waals surface area contributed by atoms with Crippen LogP contribution in [-0.4, -0.2) is 9.55 Å². The van der Waals surface area contributed by atoms with Crippen molar-refractivity contribution in [2.75, 3.05) is 0 Å². The second-order valence-electron chi connectivity index (χ2n) is 3.68. The predicted octanol–water partition coefficient (Wildman–Crippen LogP) is 3.59. The molecule has 0 unspecified atom stereocenters. The standard InChI is InChI=1S/C12H10N2S2/c1-14-6-9(12-13-11(15)7-16-12)8-4-2-3-5-10(8)14/h2-7,15H,1H3. The van der Waals surface area contributed by atoms with Gasteiger partial charge in [0.15, 0.2) is 0 Å². The molecule has 80 valence electrons. The van der Waals surface area contributed by atoms with E-state index in [2.05, 4.69) is 59.7 Å². The van der Waals surface area contributed by atoms with E-state index in [1.807, 2.05) is 5.38 Å². The number of hydrogen-bond donors (Lipinski definition) is 1. The summed E-state index contributed by atoms with van der Waals surface area (Å²) >= 11 is 5.88. The second-order valence-corrected chi connectivity index (χ2v) is 5.00. The lowest BCUT2D eigenvalue weighted by Crippen LogP contribution is -1.81. The van der Waals surface area contributed by atoms with Crippen LogP contribution in [0.4, 0.5) is 0 Å². The minimum absolute atomic E-state index is 0.785. The lowest BCUT2D eigenvalue weighted by atomic mass is 10.2. The van der Waals surface area contributed by atoms with Crippen LogP contribution in [0.1, 0.15) is 0 Å². The molecule has 2 aromatic heterocycles. The van der Waals surface area contributed by atoms with Gasteiger partial charge in [-0.2, -0.15) is 0 Å². The molecule has 2 nitrogen and oxygen atoms in total. The van der Waals surface area contributed by atoms with Crippen LogP contribution >= 0.6 is 24.0 Å². The zero-order chi connectivity index (χ0) is 11.1. The molecule has 0 saturated carbocycles. The molecule has 0 aliphatic rings. The molecule has 0 aliphatic heterocycles. The Hall–Kier alpha value is -1.26. The van der Waals surface area contributed by atoms with Gasteiger partial charge in [0.25, 0.3) is 0 Å². The molecule has 2 heterocycles. The van der Waals surface area contributed by atoms with Crippen LogP contribution in [-0.2, 0) is 7.05 Å².